The van der Waals surface area contributed by atoms with Gasteiger partial charge in [-0.05, 0) is 260 Å². The number of aryl methyl sites for hydroxylation is 14. The summed E-state index contributed by atoms with van der Waals surface area (Å²) < 4.78 is 56.6. The van der Waals surface area contributed by atoms with Gasteiger partial charge in [-0.25, -0.2) is 28.7 Å². The zero-order valence-electron chi connectivity index (χ0n) is 70.1. The lowest BCUT2D eigenvalue weighted by Gasteiger charge is -2.24. The first-order valence-electron chi connectivity index (χ1n) is 39.5. The zero-order valence-corrected chi connectivity index (χ0v) is 70.1. The molecule has 0 spiro atoms. The topological polar surface area (TPSA) is 107 Å². The molecule has 4 saturated heterocycles. The molecule has 6 aliphatic rings. The normalized spacial score (nSPS) is 22.4. The van der Waals surface area contributed by atoms with Gasteiger partial charge in [0.05, 0.1) is 38.6 Å². The van der Waals surface area contributed by atoms with Crippen molar-refractivity contribution in [1.82, 2.24) is 19.9 Å². The van der Waals surface area contributed by atoms with Gasteiger partial charge in [-0.15, -0.1) is 0 Å². The van der Waals surface area contributed by atoms with Crippen molar-refractivity contribution in [3.05, 3.63) is 236 Å². The minimum Gasteiger partial charge on any atom is -0.378 e. The van der Waals surface area contributed by atoms with Crippen LogP contribution < -0.4 is 0 Å². The fourth-order valence-corrected chi connectivity index (χ4v) is 11.3. The standard InChI is InChI=1S/C12H16.C12H12.2C8H9F.C8H16.C8H10.2C7H14O.2C6H8N2.2C6H12O2/c2*1-9-3-5-12-8-10(2)4-6-11(12)7-9;2*1-6-3-4-7(2)8(9)5-6;2*1-7-3-5-8(2)6-4-7;2*1-6-3-4-7(2)8-5-6;4*1-5-3-7-6(2)8-4-5/h3,5,7,10H,4,6,8H2,1-2H3;3-8H,1-2H3;2*3-5H,1-2H3;7-8H,3-6H2,1-2H3;3-6H,1-2H3;2*6-7H,3-5H2,1-2H3;2*3-4H,1-2H3;2*5-6H,3-4H2,1-2H3. The number of aromatic nitrogens is 4. The van der Waals surface area contributed by atoms with Crippen molar-refractivity contribution in [2.75, 3.05) is 39.6 Å². The Hall–Kier alpha value is -6.64. The molecule has 106 heavy (non-hydrogen) atoms. The Morgan fingerprint density at radius 3 is 0.877 bits per heavy atom. The summed E-state index contributed by atoms with van der Waals surface area (Å²) in [6, 6.07) is 38.9. The summed E-state index contributed by atoms with van der Waals surface area (Å²) >= 11 is 0. The zero-order chi connectivity index (χ0) is 78.7. The lowest BCUT2D eigenvalue weighted by molar-refractivity contribution is -0.187. The molecule has 6 heterocycles. The minimum absolute atomic E-state index is 0.0196. The van der Waals surface area contributed by atoms with Crippen LogP contribution in [0.1, 0.15) is 218 Å². The highest BCUT2D eigenvalue weighted by molar-refractivity contribution is 5.83. The number of rotatable bonds is 0. The molecule has 0 N–H and O–H groups in total. The first-order chi connectivity index (χ1) is 50.2. The van der Waals surface area contributed by atoms with Crippen molar-refractivity contribution in [3.63, 3.8) is 0 Å². The van der Waals surface area contributed by atoms with Crippen LogP contribution >= 0.6 is 0 Å². The maximum absolute atomic E-state index is 12.6. The first kappa shape index (κ1) is 93.6. The van der Waals surface area contributed by atoms with Crippen LogP contribution in [0, 0.1) is 143 Å². The van der Waals surface area contributed by atoms with Gasteiger partial charge in [0.1, 0.15) is 23.3 Å². The van der Waals surface area contributed by atoms with Crippen molar-refractivity contribution in [2.24, 2.45) is 41.4 Å². The summed E-state index contributed by atoms with van der Waals surface area (Å²) in [5, 5.41) is 2.67. The third-order valence-corrected chi connectivity index (χ3v) is 18.9. The average Bonchev–Trinajstić information content (AvgIpc) is 0.845. The van der Waals surface area contributed by atoms with E-state index < -0.39 is 0 Å². The highest BCUT2D eigenvalue weighted by Crippen LogP contribution is 2.28. The smallest absolute Gasteiger partial charge is 0.154 e. The van der Waals surface area contributed by atoms with Crippen LogP contribution in [0.15, 0.2) is 140 Å². The molecule has 4 aliphatic heterocycles. The Bertz CT molecular complexity index is 3160. The second-order valence-corrected chi connectivity index (χ2v) is 31.4. The highest BCUT2D eigenvalue weighted by atomic mass is 19.1. The van der Waals surface area contributed by atoms with Crippen molar-refractivity contribution in [1.29, 1.82) is 0 Å². The molecule has 6 aromatic carbocycles. The van der Waals surface area contributed by atoms with E-state index in [-0.39, 0.29) is 24.2 Å². The van der Waals surface area contributed by atoms with Crippen LogP contribution in [0.2, 0.25) is 0 Å². The van der Waals surface area contributed by atoms with Crippen LogP contribution in [-0.2, 0) is 41.3 Å². The molecule has 8 aromatic rings. The van der Waals surface area contributed by atoms with Gasteiger partial charge in [0, 0.05) is 49.8 Å². The number of halogens is 2. The SMILES string of the molecule is CC1CCC(C)CC1.CC1CCC(C)OC1.CC1CCC(C)OC1.CC1COC(C)OC1.CC1COC(C)OC1.Cc1ccc(C)c(F)c1.Cc1ccc(C)c(F)c1.Cc1ccc(C)cc1.Cc1ccc2c(c1)CCC(C)C2.Cc1ccc2cc(C)ccc2c1.Cc1cnc(C)nc1.Cc1cnc(C)nc1. The molecule has 0 amide bonds. The summed E-state index contributed by atoms with van der Waals surface area (Å²) in [6.45, 7) is 54.9. The molecule has 14 rings (SSSR count). The number of nitrogens with zero attached hydrogens (tertiary/aromatic N) is 4. The molecule has 12 heteroatoms. The molecule has 1 saturated carbocycles. The van der Waals surface area contributed by atoms with Crippen LogP contribution in [-0.4, -0.2) is 84.4 Å². The van der Waals surface area contributed by atoms with Crippen molar-refractivity contribution in [2.45, 2.75) is 262 Å². The van der Waals surface area contributed by atoms with Crippen LogP contribution in [0.3, 0.4) is 0 Å². The summed E-state index contributed by atoms with van der Waals surface area (Å²) in [5.74, 6) is 7.10. The Morgan fingerprint density at radius 1 is 0.274 bits per heavy atom. The molecular formula is C94H140F2N4O6. The summed E-state index contributed by atoms with van der Waals surface area (Å²) in [6.07, 6.45) is 23.4. The average molecular weight is 1460 g/mol. The third kappa shape index (κ3) is 44.0. The Morgan fingerprint density at radius 2 is 0.575 bits per heavy atom. The molecule has 5 unspecified atom stereocenters. The van der Waals surface area contributed by atoms with Crippen LogP contribution in [0.25, 0.3) is 10.8 Å². The third-order valence-electron chi connectivity index (χ3n) is 18.9. The summed E-state index contributed by atoms with van der Waals surface area (Å²) in [5.41, 5.74) is 15.5. The van der Waals surface area contributed by atoms with E-state index in [1.54, 1.807) is 37.1 Å². The highest BCUT2D eigenvalue weighted by Gasteiger charge is 2.18. The quantitative estimate of drug-likeness (QED) is 0.146. The number of benzene rings is 6. The van der Waals surface area contributed by atoms with Gasteiger partial charge in [0.15, 0.2) is 12.6 Å². The summed E-state index contributed by atoms with van der Waals surface area (Å²) in [4.78, 5) is 15.9. The van der Waals surface area contributed by atoms with Gasteiger partial charge >= 0.3 is 0 Å². The Balaban J connectivity index is 0.000000301. The van der Waals surface area contributed by atoms with E-state index in [0.29, 0.717) is 35.2 Å². The predicted octanol–water partition coefficient (Wildman–Crippen LogP) is 24.5. The molecule has 5 fully saturated rings. The van der Waals surface area contributed by atoms with Gasteiger partial charge in [0.2, 0.25) is 0 Å². The van der Waals surface area contributed by atoms with E-state index in [9.17, 15) is 8.78 Å². The monoisotopic (exact) mass is 1460 g/mol. The maximum atomic E-state index is 12.6. The lowest BCUT2D eigenvalue weighted by atomic mass is 9.84. The van der Waals surface area contributed by atoms with Gasteiger partial charge in [-0.2, -0.15) is 0 Å². The Kier molecular flexibility index (Phi) is 46.3. The number of ether oxygens (including phenoxy) is 6. The molecule has 2 aromatic heterocycles. The molecule has 5 atom stereocenters. The van der Waals surface area contributed by atoms with Crippen molar-refractivity contribution in [3.8, 4) is 0 Å². The second kappa shape index (κ2) is 52.4. The number of fused-ring (bicyclic) bond motifs is 2. The molecular weight excluding hydrogens is 1320 g/mol. The predicted molar refractivity (Wildman–Crippen MR) is 442 cm³/mol. The summed E-state index contributed by atoms with van der Waals surface area (Å²) in [7, 11) is 0. The lowest BCUT2D eigenvalue weighted by Crippen LogP contribution is -2.27. The molecule has 0 bridgehead atoms. The van der Waals surface area contributed by atoms with Gasteiger partial charge < -0.3 is 28.4 Å². The van der Waals surface area contributed by atoms with E-state index in [2.05, 4.69) is 196 Å². The van der Waals surface area contributed by atoms with Gasteiger partial charge in [0.25, 0.3) is 0 Å². The van der Waals surface area contributed by atoms with Crippen LogP contribution in [0.4, 0.5) is 8.78 Å². The Labute approximate surface area is 642 Å². The number of hydrogen-bond acceptors (Lipinski definition) is 10. The van der Waals surface area contributed by atoms with Gasteiger partial charge in [-0.1, -0.05) is 205 Å². The van der Waals surface area contributed by atoms with E-state index in [1.807, 2.05) is 92.3 Å². The fourth-order valence-electron chi connectivity index (χ4n) is 11.3. The fraction of sp³-hybridized carbons (Fsp3) is 0.553. The largest absolute Gasteiger partial charge is 0.378 e. The van der Waals surface area contributed by atoms with E-state index >= 15 is 0 Å². The molecule has 0 radical (unpaired) electrons. The molecule has 586 valence electrons. The van der Waals surface area contributed by atoms with Gasteiger partial charge in [-0.3, -0.25) is 0 Å². The van der Waals surface area contributed by atoms with Crippen molar-refractivity contribution >= 4 is 10.8 Å². The van der Waals surface area contributed by atoms with E-state index in [4.69, 9.17) is 28.4 Å². The maximum Gasteiger partial charge on any atom is 0.154 e. The molecule has 2 aliphatic carbocycles. The minimum atomic E-state index is -0.116. The van der Waals surface area contributed by atoms with E-state index in [1.165, 1.54) is 121 Å². The van der Waals surface area contributed by atoms with Crippen LogP contribution in [0.5, 0.6) is 0 Å². The second-order valence-electron chi connectivity index (χ2n) is 31.4. The van der Waals surface area contributed by atoms with E-state index in [0.717, 1.165) is 103 Å². The van der Waals surface area contributed by atoms with Crippen molar-refractivity contribution < 1.29 is 37.2 Å². The molecule has 10 nitrogen and oxygen atoms in total. The first-order valence-corrected chi connectivity index (χ1v) is 39.5. The number of hydrogen-bond donors (Lipinski definition) is 0.